The molecule has 1 aliphatic heterocycles. The van der Waals surface area contributed by atoms with Crippen molar-refractivity contribution in [2.24, 2.45) is 0 Å². The fourth-order valence-corrected chi connectivity index (χ4v) is 2.58. The zero-order chi connectivity index (χ0) is 18.5. The van der Waals surface area contributed by atoms with E-state index < -0.39 is 30.3 Å². The zero-order valence-electron chi connectivity index (χ0n) is 13.8. The number of fused-ring (bicyclic) bond motifs is 1. The number of nitrogens with zero attached hydrogens (tertiary/aromatic N) is 1. The first kappa shape index (κ1) is 17.3. The smallest absolute Gasteiger partial charge is 0.308 e. The molecule has 26 heavy (non-hydrogen) atoms. The SMILES string of the molecule is O=C(COC(=O)CCN1C(=O)c2ccccc2C1=O)Nc1ccccc1. The second-order valence-electron chi connectivity index (χ2n) is 5.63. The molecule has 0 unspecified atom stereocenters. The van der Waals surface area contributed by atoms with Crippen LogP contribution >= 0.6 is 0 Å². The third-order valence-electron chi connectivity index (χ3n) is 3.84. The van der Waals surface area contributed by atoms with Gasteiger partial charge in [0.1, 0.15) is 0 Å². The van der Waals surface area contributed by atoms with Crippen molar-refractivity contribution in [3.05, 3.63) is 65.7 Å². The monoisotopic (exact) mass is 352 g/mol. The molecule has 0 saturated carbocycles. The van der Waals surface area contributed by atoms with E-state index in [-0.39, 0.29) is 13.0 Å². The van der Waals surface area contributed by atoms with Gasteiger partial charge in [0.25, 0.3) is 17.7 Å². The third kappa shape index (κ3) is 3.77. The number of amides is 3. The van der Waals surface area contributed by atoms with Crippen molar-refractivity contribution in [1.29, 1.82) is 0 Å². The molecule has 1 N–H and O–H groups in total. The average molecular weight is 352 g/mol. The molecular formula is C19H16N2O5. The van der Waals surface area contributed by atoms with Crippen molar-refractivity contribution < 1.29 is 23.9 Å². The quantitative estimate of drug-likeness (QED) is 0.633. The highest BCUT2D eigenvalue weighted by molar-refractivity contribution is 6.21. The molecule has 0 radical (unpaired) electrons. The number of rotatable bonds is 6. The summed E-state index contributed by atoms with van der Waals surface area (Å²) in [7, 11) is 0. The van der Waals surface area contributed by atoms with E-state index in [0.29, 0.717) is 16.8 Å². The maximum absolute atomic E-state index is 12.2. The Kier molecular flexibility index (Phi) is 5.07. The van der Waals surface area contributed by atoms with Crippen LogP contribution in [0.25, 0.3) is 0 Å². The number of hydrogen-bond acceptors (Lipinski definition) is 5. The van der Waals surface area contributed by atoms with Crippen molar-refractivity contribution in [2.45, 2.75) is 6.42 Å². The number of para-hydroxylation sites is 1. The van der Waals surface area contributed by atoms with Gasteiger partial charge in [0, 0.05) is 12.2 Å². The van der Waals surface area contributed by atoms with E-state index in [0.717, 1.165) is 4.90 Å². The van der Waals surface area contributed by atoms with Crippen LogP contribution in [-0.2, 0) is 14.3 Å². The molecule has 1 heterocycles. The topological polar surface area (TPSA) is 92.8 Å². The van der Waals surface area contributed by atoms with Gasteiger partial charge >= 0.3 is 5.97 Å². The van der Waals surface area contributed by atoms with Crippen LogP contribution in [0.2, 0.25) is 0 Å². The zero-order valence-corrected chi connectivity index (χ0v) is 13.8. The van der Waals surface area contributed by atoms with E-state index in [9.17, 15) is 19.2 Å². The Bertz CT molecular complexity index is 828. The van der Waals surface area contributed by atoms with Crippen molar-refractivity contribution in [1.82, 2.24) is 4.90 Å². The number of carbonyl (C=O) groups excluding carboxylic acids is 4. The molecule has 0 saturated heterocycles. The van der Waals surface area contributed by atoms with Crippen molar-refractivity contribution in [3.63, 3.8) is 0 Å². The molecule has 7 nitrogen and oxygen atoms in total. The normalized spacial score (nSPS) is 12.7. The Morgan fingerprint density at radius 3 is 2.08 bits per heavy atom. The van der Waals surface area contributed by atoms with Crippen molar-refractivity contribution in [3.8, 4) is 0 Å². The number of benzene rings is 2. The standard InChI is InChI=1S/C19H16N2O5/c22-16(20-13-6-2-1-3-7-13)12-26-17(23)10-11-21-18(24)14-8-4-5-9-15(14)19(21)25/h1-9H,10-12H2,(H,20,22). The molecule has 2 aromatic carbocycles. The molecule has 1 aliphatic rings. The first-order valence-corrected chi connectivity index (χ1v) is 8.02. The van der Waals surface area contributed by atoms with E-state index in [4.69, 9.17) is 4.74 Å². The lowest BCUT2D eigenvalue weighted by molar-refractivity contribution is -0.147. The Morgan fingerprint density at radius 2 is 1.46 bits per heavy atom. The molecule has 132 valence electrons. The first-order valence-electron chi connectivity index (χ1n) is 8.02. The summed E-state index contributed by atoms with van der Waals surface area (Å²) in [5, 5.41) is 2.59. The summed E-state index contributed by atoms with van der Waals surface area (Å²) >= 11 is 0. The average Bonchev–Trinajstić information content (AvgIpc) is 2.90. The van der Waals surface area contributed by atoms with Gasteiger partial charge in [-0.15, -0.1) is 0 Å². The van der Waals surface area contributed by atoms with Crippen LogP contribution in [0, 0.1) is 0 Å². The summed E-state index contributed by atoms with van der Waals surface area (Å²) in [5.74, 6) is -1.99. The number of hydrogen-bond donors (Lipinski definition) is 1. The molecule has 0 atom stereocenters. The minimum Gasteiger partial charge on any atom is -0.456 e. The van der Waals surface area contributed by atoms with Crippen LogP contribution in [-0.4, -0.2) is 41.7 Å². The minimum atomic E-state index is -0.662. The summed E-state index contributed by atoms with van der Waals surface area (Å²) in [6.45, 7) is -0.526. The first-order chi connectivity index (χ1) is 12.6. The van der Waals surface area contributed by atoms with Crippen LogP contribution in [0.5, 0.6) is 0 Å². The van der Waals surface area contributed by atoms with Gasteiger partial charge in [-0.2, -0.15) is 0 Å². The van der Waals surface area contributed by atoms with Gasteiger partial charge in [-0.1, -0.05) is 30.3 Å². The molecule has 0 aromatic heterocycles. The van der Waals surface area contributed by atoms with E-state index in [2.05, 4.69) is 5.32 Å². The molecule has 0 spiro atoms. The summed E-state index contributed by atoms with van der Waals surface area (Å²) in [4.78, 5) is 48.9. The predicted molar refractivity (Wildman–Crippen MR) is 92.5 cm³/mol. The molecule has 0 bridgehead atoms. The van der Waals surface area contributed by atoms with Crippen LogP contribution in [0.1, 0.15) is 27.1 Å². The molecule has 7 heteroatoms. The van der Waals surface area contributed by atoms with E-state index in [1.54, 1.807) is 48.5 Å². The number of carbonyl (C=O) groups is 4. The van der Waals surface area contributed by atoms with Crippen LogP contribution in [0.3, 0.4) is 0 Å². The van der Waals surface area contributed by atoms with Crippen LogP contribution in [0.4, 0.5) is 5.69 Å². The highest BCUT2D eigenvalue weighted by atomic mass is 16.5. The number of esters is 1. The Hall–Kier alpha value is -3.48. The van der Waals surface area contributed by atoms with E-state index >= 15 is 0 Å². The lowest BCUT2D eigenvalue weighted by atomic mass is 10.1. The van der Waals surface area contributed by atoms with Gasteiger partial charge in [-0.05, 0) is 24.3 Å². The van der Waals surface area contributed by atoms with Gasteiger partial charge < -0.3 is 10.1 Å². The van der Waals surface area contributed by atoms with Gasteiger partial charge in [-0.3, -0.25) is 24.1 Å². The number of nitrogens with one attached hydrogen (secondary N) is 1. The van der Waals surface area contributed by atoms with Crippen LogP contribution in [0.15, 0.2) is 54.6 Å². The summed E-state index contributed by atoms with van der Waals surface area (Å²) in [6.07, 6.45) is -0.177. The van der Waals surface area contributed by atoms with Gasteiger partial charge in [0.15, 0.2) is 6.61 Å². The predicted octanol–water partition coefficient (Wildman–Crippen LogP) is 1.85. The van der Waals surface area contributed by atoms with Gasteiger partial charge in [-0.25, -0.2) is 0 Å². The van der Waals surface area contributed by atoms with E-state index in [1.807, 2.05) is 6.07 Å². The van der Waals surface area contributed by atoms with Gasteiger partial charge in [0.05, 0.1) is 17.5 Å². The molecular weight excluding hydrogens is 336 g/mol. The number of imide groups is 1. The molecule has 3 rings (SSSR count). The molecule has 3 amide bonds. The summed E-state index contributed by atoms with van der Waals surface area (Å²) < 4.78 is 4.88. The maximum atomic E-state index is 12.2. The van der Waals surface area contributed by atoms with Gasteiger partial charge in [0.2, 0.25) is 0 Å². The highest BCUT2D eigenvalue weighted by Crippen LogP contribution is 2.22. The summed E-state index contributed by atoms with van der Waals surface area (Å²) in [5.41, 5.74) is 1.25. The fraction of sp³-hybridized carbons (Fsp3) is 0.158. The number of ether oxygens (including phenoxy) is 1. The third-order valence-corrected chi connectivity index (χ3v) is 3.84. The Balaban J connectivity index is 1.46. The highest BCUT2D eigenvalue weighted by Gasteiger charge is 2.35. The fourth-order valence-electron chi connectivity index (χ4n) is 2.58. The van der Waals surface area contributed by atoms with Crippen LogP contribution < -0.4 is 5.32 Å². The number of anilines is 1. The Morgan fingerprint density at radius 1 is 0.885 bits per heavy atom. The molecule has 0 fully saturated rings. The Labute approximate surface area is 149 Å². The van der Waals surface area contributed by atoms with Crippen molar-refractivity contribution in [2.75, 3.05) is 18.5 Å². The lowest BCUT2D eigenvalue weighted by Gasteiger charge is -2.13. The molecule has 2 aromatic rings. The lowest BCUT2D eigenvalue weighted by Crippen LogP contribution is -2.32. The van der Waals surface area contributed by atoms with E-state index in [1.165, 1.54) is 0 Å². The summed E-state index contributed by atoms with van der Waals surface area (Å²) in [6, 6.07) is 15.3. The maximum Gasteiger partial charge on any atom is 0.308 e. The molecule has 0 aliphatic carbocycles. The van der Waals surface area contributed by atoms with Crippen molar-refractivity contribution >= 4 is 29.4 Å². The second kappa shape index (κ2) is 7.60. The minimum absolute atomic E-state index is 0.0918. The second-order valence-corrected chi connectivity index (χ2v) is 5.63. The largest absolute Gasteiger partial charge is 0.456 e.